The lowest BCUT2D eigenvalue weighted by Gasteiger charge is -2.37. The average molecular weight is 583 g/mol. The molecular formula is C22H28BrN6O6P. The first-order valence-corrected chi connectivity index (χ1v) is 13.5. The number of nitrogens with one attached hydrogen (secondary N) is 1. The number of benzene rings is 1. The molecule has 14 heteroatoms. The molecule has 36 heavy (non-hydrogen) atoms. The number of esters is 1. The molecule has 4 rings (SSSR count). The van der Waals surface area contributed by atoms with Crippen molar-refractivity contribution < 1.29 is 27.9 Å². The smallest absolute Gasteiger partial charge is 0.459 e. The summed E-state index contributed by atoms with van der Waals surface area (Å²) in [7, 11) is -1.19. The van der Waals surface area contributed by atoms with Gasteiger partial charge in [0, 0.05) is 10.5 Å². The number of carbonyl (C=O) groups excluding carboxylic acids is 1. The van der Waals surface area contributed by atoms with Crippen molar-refractivity contribution in [2.24, 2.45) is 5.92 Å². The third kappa shape index (κ3) is 5.64. The molecule has 1 atom stereocenters. The molecule has 1 aromatic carbocycles. The van der Waals surface area contributed by atoms with Crippen molar-refractivity contribution in [3.8, 4) is 11.6 Å². The van der Waals surface area contributed by atoms with E-state index < -0.39 is 19.3 Å². The van der Waals surface area contributed by atoms with Gasteiger partial charge < -0.3 is 24.3 Å². The summed E-state index contributed by atoms with van der Waals surface area (Å²) in [5, 5.41) is 2.73. The third-order valence-electron chi connectivity index (χ3n) is 5.84. The minimum absolute atomic E-state index is 0.0958. The van der Waals surface area contributed by atoms with Crippen molar-refractivity contribution in [3.05, 3.63) is 35.1 Å². The number of carbonyl (C=O) groups is 1. The molecule has 1 saturated carbocycles. The first kappa shape index (κ1) is 26.3. The lowest BCUT2D eigenvalue weighted by atomic mass is 9.81. The molecule has 1 unspecified atom stereocenters. The zero-order valence-electron chi connectivity index (χ0n) is 20.3. The van der Waals surface area contributed by atoms with Crippen LogP contribution in [-0.4, -0.2) is 51.9 Å². The van der Waals surface area contributed by atoms with E-state index in [9.17, 15) is 9.36 Å². The van der Waals surface area contributed by atoms with Crippen LogP contribution in [0.5, 0.6) is 11.6 Å². The number of aromatic nitrogens is 4. The van der Waals surface area contributed by atoms with Crippen LogP contribution < -0.4 is 20.1 Å². The van der Waals surface area contributed by atoms with E-state index in [1.807, 2.05) is 4.57 Å². The molecule has 0 saturated heterocycles. The maximum absolute atomic E-state index is 13.7. The maximum Gasteiger partial charge on any atom is 0.459 e. The molecule has 0 spiro atoms. The zero-order valence-corrected chi connectivity index (χ0v) is 22.8. The Kier molecular flexibility index (Phi) is 7.56. The van der Waals surface area contributed by atoms with Crippen LogP contribution in [0, 0.1) is 5.92 Å². The molecule has 0 amide bonds. The van der Waals surface area contributed by atoms with Gasteiger partial charge in [0.05, 0.1) is 27.2 Å². The summed E-state index contributed by atoms with van der Waals surface area (Å²) >= 11 is 3.36. The number of fused-ring (bicyclic) bond motifs is 1. The van der Waals surface area contributed by atoms with Crippen molar-refractivity contribution in [3.63, 3.8) is 0 Å². The number of imidazole rings is 1. The van der Waals surface area contributed by atoms with Gasteiger partial charge in [0.25, 0.3) is 0 Å². The number of anilines is 1. The average Bonchev–Trinajstić information content (AvgIpc) is 3.21. The van der Waals surface area contributed by atoms with E-state index in [1.54, 1.807) is 44.4 Å². The quantitative estimate of drug-likeness (QED) is 0.264. The second-order valence-corrected chi connectivity index (χ2v) is 11.5. The number of nitrogens with zero attached hydrogens (tertiary/aromatic N) is 4. The van der Waals surface area contributed by atoms with Gasteiger partial charge in [-0.15, -0.1) is 0 Å². The van der Waals surface area contributed by atoms with E-state index in [0.717, 1.165) is 17.3 Å². The van der Waals surface area contributed by atoms with Crippen molar-refractivity contribution in [2.75, 3.05) is 26.6 Å². The minimum atomic E-state index is -3.95. The van der Waals surface area contributed by atoms with E-state index in [0.29, 0.717) is 22.8 Å². The van der Waals surface area contributed by atoms with Crippen LogP contribution in [0.2, 0.25) is 0 Å². The number of nitrogen functional groups attached to an aromatic ring is 1. The van der Waals surface area contributed by atoms with Crippen LogP contribution >= 0.6 is 23.7 Å². The van der Waals surface area contributed by atoms with Crippen LogP contribution in [0.25, 0.3) is 11.2 Å². The SMILES string of the molecule is COC(=O)C(C)(C)NP(=O)(OCC1CC(n2cnc3c(OC)nc(N)nc32)C1)Oc1ccc(Br)cc1. The summed E-state index contributed by atoms with van der Waals surface area (Å²) in [5.41, 5.74) is 5.63. The molecule has 1 aliphatic carbocycles. The number of ether oxygens (including phenoxy) is 2. The Hall–Kier alpha value is -2.73. The van der Waals surface area contributed by atoms with Gasteiger partial charge in [0.1, 0.15) is 11.3 Å². The normalized spacial score (nSPS) is 19.4. The van der Waals surface area contributed by atoms with Crippen molar-refractivity contribution in [2.45, 2.75) is 38.3 Å². The summed E-state index contributed by atoms with van der Waals surface area (Å²) in [6.45, 7) is 3.25. The monoisotopic (exact) mass is 582 g/mol. The van der Waals surface area contributed by atoms with Gasteiger partial charge in [0.15, 0.2) is 11.2 Å². The van der Waals surface area contributed by atoms with Crippen molar-refractivity contribution in [1.82, 2.24) is 24.6 Å². The number of rotatable bonds is 10. The third-order valence-corrected chi connectivity index (χ3v) is 8.14. The standard InChI is InChI=1S/C22H28BrN6O6P/c1-22(2,20(30)33-4)28-36(31,35-16-7-5-14(23)6-8-16)34-11-13-9-15(10-13)29-12-25-17-18(29)26-21(24)27-19(17)32-3/h5-8,12-13,15H,9-11H2,1-4H3,(H,28,31)(H2,24,26,27). The fourth-order valence-corrected chi connectivity index (χ4v) is 5.95. The molecule has 2 aromatic heterocycles. The summed E-state index contributed by atoms with van der Waals surface area (Å²) in [5.74, 6) is 0.250. The lowest BCUT2D eigenvalue weighted by Crippen LogP contribution is -2.46. The minimum Gasteiger partial charge on any atom is -0.479 e. The number of nitrogens with two attached hydrogens (primary N) is 1. The number of hydrogen-bond donors (Lipinski definition) is 2. The van der Waals surface area contributed by atoms with Crippen molar-refractivity contribution in [1.29, 1.82) is 0 Å². The van der Waals surface area contributed by atoms with E-state index >= 15 is 0 Å². The molecule has 3 N–H and O–H groups in total. The summed E-state index contributed by atoms with van der Waals surface area (Å²) in [6.07, 6.45) is 3.15. The Balaban J connectivity index is 1.45. The molecule has 1 fully saturated rings. The van der Waals surface area contributed by atoms with Crippen LogP contribution in [0.15, 0.2) is 35.1 Å². The summed E-state index contributed by atoms with van der Waals surface area (Å²) in [4.78, 5) is 24.9. The fourth-order valence-electron chi connectivity index (χ4n) is 3.94. The number of methoxy groups -OCH3 is 2. The molecule has 12 nitrogen and oxygen atoms in total. The lowest BCUT2D eigenvalue weighted by molar-refractivity contribution is -0.146. The summed E-state index contributed by atoms with van der Waals surface area (Å²) in [6, 6.07) is 6.91. The van der Waals surface area contributed by atoms with E-state index in [1.165, 1.54) is 14.2 Å². The first-order chi connectivity index (χ1) is 17.0. The number of halogens is 1. The largest absolute Gasteiger partial charge is 0.479 e. The van der Waals surface area contributed by atoms with E-state index in [-0.39, 0.29) is 24.5 Å². The highest BCUT2D eigenvalue weighted by Gasteiger charge is 2.42. The highest BCUT2D eigenvalue weighted by molar-refractivity contribution is 9.10. The first-order valence-electron chi connectivity index (χ1n) is 11.1. The highest BCUT2D eigenvalue weighted by Crippen LogP contribution is 2.49. The van der Waals surface area contributed by atoms with E-state index in [2.05, 4.69) is 36.0 Å². The molecule has 194 valence electrons. The Morgan fingerprint density at radius 3 is 2.58 bits per heavy atom. The molecule has 0 bridgehead atoms. The van der Waals surface area contributed by atoms with Gasteiger partial charge in [-0.3, -0.25) is 9.32 Å². The second-order valence-electron chi connectivity index (χ2n) is 8.97. The topological polar surface area (TPSA) is 153 Å². The molecule has 0 aliphatic heterocycles. The molecule has 2 heterocycles. The highest BCUT2D eigenvalue weighted by atomic mass is 79.9. The van der Waals surface area contributed by atoms with Crippen LogP contribution in [0.3, 0.4) is 0 Å². The molecule has 0 radical (unpaired) electrons. The molecule has 1 aliphatic rings. The van der Waals surface area contributed by atoms with Gasteiger partial charge in [0.2, 0.25) is 11.8 Å². The summed E-state index contributed by atoms with van der Waals surface area (Å²) < 4.78 is 38.1. The zero-order chi connectivity index (χ0) is 26.1. The van der Waals surface area contributed by atoms with Gasteiger partial charge in [-0.25, -0.2) is 9.55 Å². The van der Waals surface area contributed by atoms with Crippen LogP contribution in [0.4, 0.5) is 5.95 Å². The van der Waals surface area contributed by atoms with Gasteiger partial charge in [-0.05, 0) is 56.9 Å². The molecule has 3 aromatic rings. The van der Waals surface area contributed by atoms with Gasteiger partial charge in [-0.2, -0.15) is 15.1 Å². The van der Waals surface area contributed by atoms with Crippen LogP contribution in [-0.2, 0) is 18.6 Å². The van der Waals surface area contributed by atoms with Crippen molar-refractivity contribution >= 4 is 46.8 Å². The van der Waals surface area contributed by atoms with Gasteiger partial charge >= 0.3 is 13.7 Å². The fraction of sp³-hybridized carbons (Fsp3) is 0.455. The maximum atomic E-state index is 13.7. The Labute approximate surface area is 216 Å². The number of hydrogen-bond acceptors (Lipinski definition) is 10. The van der Waals surface area contributed by atoms with Crippen LogP contribution in [0.1, 0.15) is 32.7 Å². The Bertz CT molecular complexity index is 1290. The Morgan fingerprint density at radius 1 is 1.25 bits per heavy atom. The van der Waals surface area contributed by atoms with E-state index in [4.69, 9.17) is 24.3 Å². The second kappa shape index (κ2) is 10.3. The molecular weight excluding hydrogens is 555 g/mol. The van der Waals surface area contributed by atoms with Gasteiger partial charge in [-0.1, -0.05) is 15.9 Å². The Morgan fingerprint density at radius 2 is 1.94 bits per heavy atom. The predicted octanol–water partition coefficient (Wildman–Crippen LogP) is 3.88. The predicted molar refractivity (Wildman–Crippen MR) is 136 cm³/mol.